The van der Waals surface area contributed by atoms with Crippen molar-refractivity contribution >= 4 is 23.3 Å². The maximum absolute atomic E-state index is 13.7. The van der Waals surface area contributed by atoms with Gasteiger partial charge in [0.1, 0.15) is 12.4 Å². The van der Waals surface area contributed by atoms with Gasteiger partial charge in [0.05, 0.1) is 12.2 Å². The number of fused-ring (bicyclic) bond motifs is 1. The van der Waals surface area contributed by atoms with Crippen LogP contribution in [0.5, 0.6) is 0 Å². The monoisotopic (exact) mass is 367 g/mol. The zero-order valence-electron chi connectivity index (χ0n) is 14.0. The number of rotatable bonds is 4. The van der Waals surface area contributed by atoms with Crippen molar-refractivity contribution in [1.29, 1.82) is 0 Å². The topological polar surface area (TPSA) is 89.2 Å². The molecule has 0 saturated carbocycles. The third-order valence-electron chi connectivity index (χ3n) is 4.15. The van der Waals surface area contributed by atoms with Gasteiger partial charge in [-0.05, 0) is 24.3 Å². The maximum Gasteiger partial charge on any atom is 0.365 e. The molecule has 3 aromatic rings. The molecule has 27 heavy (non-hydrogen) atoms. The Morgan fingerprint density at radius 2 is 1.78 bits per heavy atom. The lowest BCUT2D eigenvalue weighted by Crippen LogP contribution is -2.36. The standard InChI is InChI=1S/C18H14FN5O3/c19-13-8-4-5-9-14(13)20-16(25)11-23-17(26)21-15-10-22(18(27)24(15)23)12-6-2-1-3-7-12/h1-9H,10-11H2,(H,20,25). The van der Waals surface area contributed by atoms with E-state index in [1.54, 1.807) is 30.3 Å². The third kappa shape index (κ3) is 2.99. The van der Waals surface area contributed by atoms with Crippen LogP contribution in [-0.2, 0) is 17.9 Å². The Labute approximate surface area is 152 Å². The van der Waals surface area contributed by atoms with E-state index < -0.39 is 30.0 Å². The molecule has 2 aromatic carbocycles. The van der Waals surface area contributed by atoms with Gasteiger partial charge in [-0.1, -0.05) is 30.3 Å². The van der Waals surface area contributed by atoms with Crippen molar-refractivity contribution < 1.29 is 14.0 Å². The van der Waals surface area contributed by atoms with Gasteiger partial charge in [0.2, 0.25) is 5.91 Å². The van der Waals surface area contributed by atoms with E-state index in [1.165, 1.54) is 23.1 Å². The Bertz CT molecular complexity index is 1090. The molecule has 1 aliphatic heterocycles. The molecule has 8 nitrogen and oxygen atoms in total. The average molecular weight is 367 g/mol. The Kier molecular flexibility index (Phi) is 4.03. The van der Waals surface area contributed by atoms with Crippen LogP contribution in [0.15, 0.2) is 59.4 Å². The summed E-state index contributed by atoms with van der Waals surface area (Å²) < 4.78 is 15.7. The highest BCUT2D eigenvalue weighted by molar-refractivity contribution is 5.96. The molecule has 0 saturated heterocycles. The summed E-state index contributed by atoms with van der Waals surface area (Å²) in [7, 11) is 0. The van der Waals surface area contributed by atoms with Gasteiger partial charge in [0.15, 0.2) is 5.82 Å². The summed E-state index contributed by atoms with van der Waals surface area (Å²) >= 11 is 0. The molecule has 0 radical (unpaired) electrons. The predicted octanol–water partition coefficient (Wildman–Crippen LogP) is 1.81. The van der Waals surface area contributed by atoms with Crippen LogP contribution in [0, 0.1) is 5.82 Å². The number of nitrogens with one attached hydrogen (secondary N) is 1. The van der Waals surface area contributed by atoms with Crippen molar-refractivity contribution in [2.75, 3.05) is 10.2 Å². The molecule has 4 rings (SSSR count). The molecular formula is C18H14FN5O3. The van der Waals surface area contributed by atoms with Crippen molar-refractivity contribution in [3.63, 3.8) is 0 Å². The summed E-state index contributed by atoms with van der Waals surface area (Å²) in [5.41, 5.74) is -0.0634. The lowest BCUT2D eigenvalue weighted by Gasteiger charge is -2.15. The molecule has 2 amide bonds. The van der Waals surface area contributed by atoms with E-state index >= 15 is 0 Å². The molecule has 0 aliphatic carbocycles. The van der Waals surface area contributed by atoms with E-state index in [0.717, 1.165) is 9.36 Å². The summed E-state index contributed by atoms with van der Waals surface area (Å²) in [6.45, 7) is -0.339. The number of nitrogens with zero attached hydrogens (tertiary/aromatic N) is 4. The van der Waals surface area contributed by atoms with E-state index in [1.807, 2.05) is 6.07 Å². The highest BCUT2D eigenvalue weighted by atomic mass is 19.1. The highest BCUT2D eigenvalue weighted by Crippen LogP contribution is 2.22. The minimum absolute atomic E-state index is 0.00560. The molecule has 0 spiro atoms. The number of hydrogen-bond acceptors (Lipinski definition) is 4. The number of carbonyl (C=O) groups is 2. The number of halogens is 1. The van der Waals surface area contributed by atoms with Crippen LogP contribution in [0.25, 0.3) is 0 Å². The number of hydrogen-bond donors (Lipinski definition) is 1. The number of carbonyl (C=O) groups excluding carboxylic acids is 2. The predicted molar refractivity (Wildman–Crippen MR) is 94.9 cm³/mol. The van der Waals surface area contributed by atoms with Gasteiger partial charge in [0, 0.05) is 5.69 Å². The second kappa shape index (κ2) is 6.52. The number of anilines is 2. The third-order valence-corrected chi connectivity index (χ3v) is 4.15. The second-order valence-electron chi connectivity index (χ2n) is 5.91. The Morgan fingerprint density at radius 3 is 2.52 bits per heavy atom. The molecule has 1 N–H and O–H groups in total. The van der Waals surface area contributed by atoms with Crippen molar-refractivity contribution in [3.8, 4) is 0 Å². The normalized spacial score (nSPS) is 12.9. The van der Waals surface area contributed by atoms with Crippen molar-refractivity contribution in [1.82, 2.24) is 14.3 Å². The molecule has 1 aliphatic rings. The summed E-state index contributed by atoms with van der Waals surface area (Å²) in [6, 6.07) is 14.1. The summed E-state index contributed by atoms with van der Waals surface area (Å²) in [4.78, 5) is 42.4. The van der Waals surface area contributed by atoms with Crippen molar-refractivity contribution in [3.05, 3.63) is 76.7 Å². The molecular weight excluding hydrogens is 353 g/mol. The fourth-order valence-corrected chi connectivity index (χ4v) is 2.92. The van der Waals surface area contributed by atoms with Crippen LogP contribution >= 0.6 is 0 Å². The van der Waals surface area contributed by atoms with E-state index in [2.05, 4.69) is 10.3 Å². The smallest absolute Gasteiger partial charge is 0.322 e. The van der Waals surface area contributed by atoms with Gasteiger partial charge >= 0.3 is 11.7 Å². The molecule has 0 fully saturated rings. The van der Waals surface area contributed by atoms with E-state index in [4.69, 9.17) is 0 Å². The molecule has 1 aromatic heterocycles. The Balaban J connectivity index is 1.58. The average Bonchev–Trinajstić information content (AvgIpc) is 3.14. The van der Waals surface area contributed by atoms with Gasteiger partial charge in [-0.3, -0.25) is 9.69 Å². The summed E-state index contributed by atoms with van der Waals surface area (Å²) in [6.07, 6.45) is 0. The van der Waals surface area contributed by atoms with Gasteiger partial charge < -0.3 is 5.32 Å². The lowest BCUT2D eigenvalue weighted by atomic mass is 10.3. The minimum Gasteiger partial charge on any atom is -0.322 e. The van der Waals surface area contributed by atoms with E-state index in [0.29, 0.717) is 5.69 Å². The van der Waals surface area contributed by atoms with Gasteiger partial charge in [-0.2, -0.15) is 9.67 Å². The zero-order chi connectivity index (χ0) is 19.0. The summed E-state index contributed by atoms with van der Waals surface area (Å²) in [5, 5.41) is 2.38. The Hall–Kier alpha value is -3.75. The first-order valence-corrected chi connectivity index (χ1v) is 8.14. The first-order chi connectivity index (χ1) is 13.0. The number of para-hydroxylation sites is 2. The van der Waals surface area contributed by atoms with Gasteiger partial charge in [-0.25, -0.2) is 18.7 Å². The van der Waals surface area contributed by atoms with Crippen molar-refractivity contribution in [2.24, 2.45) is 0 Å². The molecule has 136 valence electrons. The van der Waals surface area contributed by atoms with E-state index in [-0.39, 0.29) is 18.1 Å². The quantitative estimate of drug-likeness (QED) is 0.762. The molecule has 2 heterocycles. The van der Waals surface area contributed by atoms with Crippen LogP contribution < -0.4 is 15.9 Å². The number of benzene rings is 2. The summed E-state index contributed by atoms with van der Waals surface area (Å²) in [5.74, 6) is -0.994. The Morgan fingerprint density at radius 1 is 1.07 bits per heavy atom. The largest absolute Gasteiger partial charge is 0.365 e. The first kappa shape index (κ1) is 16.7. The molecule has 0 bridgehead atoms. The van der Waals surface area contributed by atoms with Crippen LogP contribution in [0.4, 0.5) is 20.6 Å². The SMILES string of the molecule is O=C(Cn1c(=O)nc2n1C(=O)N(c1ccccc1)C2)Nc1ccccc1F. The number of amides is 2. The molecule has 0 unspecified atom stereocenters. The fraction of sp³-hybridized carbons (Fsp3) is 0.111. The second-order valence-corrected chi connectivity index (χ2v) is 5.91. The van der Waals surface area contributed by atoms with Crippen LogP contribution in [0.2, 0.25) is 0 Å². The fourth-order valence-electron chi connectivity index (χ4n) is 2.92. The lowest BCUT2D eigenvalue weighted by molar-refractivity contribution is -0.117. The van der Waals surface area contributed by atoms with Gasteiger partial charge in [-0.15, -0.1) is 0 Å². The van der Waals surface area contributed by atoms with Crippen molar-refractivity contribution in [2.45, 2.75) is 13.1 Å². The number of aromatic nitrogens is 3. The highest BCUT2D eigenvalue weighted by Gasteiger charge is 2.33. The molecule has 0 atom stereocenters. The minimum atomic E-state index is -0.713. The molecule has 9 heteroatoms. The van der Waals surface area contributed by atoms with Crippen LogP contribution in [0.3, 0.4) is 0 Å². The van der Waals surface area contributed by atoms with E-state index in [9.17, 15) is 18.8 Å². The van der Waals surface area contributed by atoms with Gasteiger partial charge in [0.25, 0.3) is 0 Å². The zero-order valence-corrected chi connectivity index (χ0v) is 14.0. The first-order valence-electron chi connectivity index (χ1n) is 8.14. The van der Waals surface area contributed by atoms with Crippen LogP contribution in [-0.4, -0.2) is 26.3 Å². The van der Waals surface area contributed by atoms with Crippen LogP contribution in [0.1, 0.15) is 5.82 Å². The maximum atomic E-state index is 13.7.